The van der Waals surface area contributed by atoms with Crippen molar-refractivity contribution in [3.05, 3.63) is 22.3 Å². The van der Waals surface area contributed by atoms with Crippen LogP contribution in [0.1, 0.15) is 141 Å². The van der Waals surface area contributed by atoms with E-state index in [2.05, 4.69) is 46.9 Å². The van der Waals surface area contributed by atoms with Gasteiger partial charge in [-0.3, -0.25) is 4.79 Å². The van der Waals surface area contributed by atoms with Gasteiger partial charge in [0.25, 0.3) is 0 Å². The molecule has 0 spiro atoms. The summed E-state index contributed by atoms with van der Waals surface area (Å²) < 4.78 is 17.8. The van der Waals surface area contributed by atoms with Crippen LogP contribution in [0.5, 0.6) is 11.5 Å². The van der Waals surface area contributed by atoms with Gasteiger partial charge < -0.3 is 19.5 Å². The maximum atomic E-state index is 13.3. The average Bonchev–Trinajstić information content (AvgIpc) is 2.93. The maximum absolute atomic E-state index is 13.3. The Labute approximate surface area is 269 Å². The molecule has 0 radical (unpaired) electrons. The summed E-state index contributed by atoms with van der Waals surface area (Å²) in [6, 6.07) is -0.729. The van der Waals surface area contributed by atoms with E-state index >= 15 is 0 Å². The number of hydrogen-bond donors (Lipinski definition) is 1. The number of ether oxygens (including phenoxy) is 3. The van der Waals surface area contributed by atoms with Crippen molar-refractivity contribution >= 4 is 11.9 Å². The van der Waals surface area contributed by atoms with Crippen molar-refractivity contribution in [2.24, 2.45) is 23.7 Å². The van der Waals surface area contributed by atoms with Gasteiger partial charge in [-0.05, 0) is 100 Å². The largest absolute Gasteiger partial charge is 0.487 e. The summed E-state index contributed by atoms with van der Waals surface area (Å²) in [7, 11) is 1.46. The highest BCUT2D eigenvalue weighted by molar-refractivity contribution is 5.86. The van der Waals surface area contributed by atoms with E-state index in [1.807, 2.05) is 27.7 Å². The highest BCUT2D eigenvalue weighted by atomic mass is 16.5. The topological polar surface area (TPSA) is 73.9 Å². The zero-order chi connectivity index (χ0) is 33.0. The molecule has 4 unspecified atom stereocenters. The maximum Gasteiger partial charge on any atom is 0.334 e. The van der Waals surface area contributed by atoms with Gasteiger partial charge in [-0.1, -0.05) is 86.5 Å². The average molecular weight is 616 g/mol. The molecule has 1 aromatic rings. The van der Waals surface area contributed by atoms with Crippen LogP contribution in [0.2, 0.25) is 0 Å². The first-order valence-electron chi connectivity index (χ1n) is 17.5. The molecule has 6 heteroatoms. The number of carbonyl (C=O) groups is 2. The summed E-state index contributed by atoms with van der Waals surface area (Å²) in [6.07, 6.45) is 13.9. The second-order valence-electron chi connectivity index (χ2n) is 15.0. The quantitative estimate of drug-likeness (QED) is 0.124. The summed E-state index contributed by atoms with van der Waals surface area (Å²) in [4.78, 5) is 25.5. The van der Waals surface area contributed by atoms with E-state index in [0.717, 1.165) is 65.0 Å². The third-order valence-corrected chi connectivity index (χ3v) is 9.64. The van der Waals surface area contributed by atoms with Crippen LogP contribution in [0.4, 0.5) is 0 Å². The van der Waals surface area contributed by atoms with Crippen molar-refractivity contribution < 1.29 is 23.8 Å². The summed E-state index contributed by atoms with van der Waals surface area (Å²) >= 11 is 0. The highest BCUT2D eigenvalue weighted by Crippen LogP contribution is 2.45. The molecule has 6 nitrogen and oxygen atoms in total. The molecule has 0 aromatic heterocycles. The molecular formula is C38H65NO5. The van der Waals surface area contributed by atoms with Crippen molar-refractivity contribution in [1.29, 1.82) is 0 Å². The van der Waals surface area contributed by atoms with Gasteiger partial charge in [-0.15, -0.1) is 0 Å². The summed E-state index contributed by atoms with van der Waals surface area (Å²) in [5.41, 5.74) is 3.84. The van der Waals surface area contributed by atoms with E-state index in [0.29, 0.717) is 12.2 Å². The second kappa shape index (κ2) is 18.2. The van der Waals surface area contributed by atoms with E-state index < -0.39 is 12.0 Å². The molecule has 0 aliphatic carbocycles. The molecule has 0 bridgehead atoms. The number of amides is 1. The number of esters is 1. The lowest BCUT2D eigenvalue weighted by atomic mass is 9.83. The minimum absolute atomic E-state index is 0.0924. The molecule has 4 atom stereocenters. The fourth-order valence-corrected chi connectivity index (χ4v) is 6.64. The van der Waals surface area contributed by atoms with Crippen LogP contribution in [-0.2, 0) is 20.7 Å². The number of hydrogen-bond acceptors (Lipinski definition) is 5. The molecule has 1 heterocycles. The van der Waals surface area contributed by atoms with E-state index in [9.17, 15) is 9.59 Å². The molecule has 1 N–H and O–H groups in total. The number of rotatable bonds is 19. The predicted octanol–water partition coefficient (Wildman–Crippen LogP) is 9.22. The van der Waals surface area contributed by atoms with Crippen LogP contribution >= 0.6 is 0 Å². The Kier molecular flexibility index (Phi) is 15.7. The van der Waals surface area contributed by atoms with Gasteiger partial charge in [-0.2, -0.15) is 0 Å². The van der Waals surface area contributed by atoms with Crippen LogP contribution < -0.4 is 14.8 Å². The Hall–Kier alpha value is -2.08. The molecule has 0 fully saturated rings. The van der Waals surface area contributed by atoms with E-state index in [1.165, 1.54) is 58.5 Å². The standard InChI is InChI=1S/C38H65NO5/c1-25(2)15-12-16-27(5)17-13-18-28(6)19-14-21-38(10)22-20-32-31(9)35(29(7)30(8)36(32)44-38)43-37(41)33(23-26(3)4)39-34(40)24-42-11/h25-28,33H,12-24H2,1-11H3,(H,39,40). The first-order chi connectivity index (χ1) is 20.7. The molecule has 44 heavy (non-hydrogen) atoms. The third kappa shape index (κ3) is 12.0. The Morgan fingerprint density at radius 2 is 1.43 bits per heavy atom. The molecule has 0 saturated heterocycles. The monoisotopic (exact) mass is 615 g/mol. The molecule has 1 aliphatic rings. The van der Waals surface area contributed by atoms with Crippen molar-refractivity contribution in [2.75, 3.05) is 13.7 Å². The zero-order valence-corrected chi connectivity index (χ0v) is 30.1. The van der Waals surface area contributed by atoms with Crippen LogP contribution in [0, 0.1) is 44.4 Å². The van der Waals surface area contributed by atoms with E-state index in [1.54, 1.807) is 0 Å². The number of fused-ring (bicyclic) bond motifs is 1. The number of methoxy groups -OCH3 is 1. The van der Waals surface area contributed by atoms with Gasteiger partial charge in [0.15, 0.2) is 0 Å². The van der Waals surface area contributed by atoms with Crippen LogP contribution in [0.15, 0.2) is 0 Å². The van der Waals surface area contributed by atoms with Gasteiger partial charge in [0.2, 0.25) is 5.91 Å². The minimum atomic E-state index is -0.729. The lowest BCUT2D eigenvalue weighted by Gasteiger charge is -2.38. The SMILES string of the molecule is COCC(=O)NC(CC(C)C)C(=O)Oc1c(C)c(C)c2c(c1C)CCC(C)(CCCC(C)CCCC(C)CCCC(C)C)O2. The molecule has 2 rings (SSSR count). The first-order valence-corrected chi connectivity index (χ1v) is 17.5. The van der Waals surface area contributed by atoms with Crippen LogP contribution in [0.25, 0.3) is 0 Å². The summed E-state index contributed by atoms with van der Waals surface area (Å²) in [5.74, 6) is 3.42. The number of benzene rings is 1. The molecule has 1 amide bonds. The van der Waals surface area contributed by atoms with Crippen molar-refractivity contribution in [2.45, 2.75) is 158 Å². The molecule has 0 saturated carbocycles. The Bertz CT molecular complexity index is 1060. The molecule has 1 aromatic carbocycles. The lowest BCUT2D eigenvalue weighted by molar-refractivity contribution is -0.140. The minimum Gasteiger partial charge on any atom is -0.487 e. The number of carbonyl (C=O) groups excluding carboxylic acids is 2. The van der Waals surface area contributed by atoms with Crippen molar-refractivity contribution in [3.8, 4) is 11.5 Å². The smallest absolute Gasteiger partial charge is 0.334 e. The van der Waals surface area contributed by atoms with Gasteiger partial charge in [0.1, 0.15) is 29.7 Å². The van der Waals surface area contributed by atoms with Gasteiger partial charge >= 0.3 is 5.97 Å². The van der Waals surface area contributed by atoms with E-state index in [4.69, 9.17) is 14.2 Å². The lowest BCUT2D eigenvalue weighted by Crippen LogP contribution is -2.45. The van der Waals surface area contributed by atoms with Gasteiger partial charge in [0, 0.05) is 12.7 Å². The highest BCUT2D eigenvalue weighted by Gasteiger charge is 2.35. The fraction of sp³-hybridized carbons (Fsp3) is 0.789. The fourth-order valence-electron chi connectivity index (χ4n) is 6.64. The number of nitrogens with one attached hydrogen (secondary N) is 1. The Morgan fingerprint density at radius 1 is 0.841 bits per heavy atom. The summed E-state index contributed by atoms with van der Waals surface area (Å²) in [5, 5.41) is 2.79. The first kappa shape index (κ1) is 38.1. The molecule has 252 valence electrons. The molecular weight excluding hydrogens is 550 g/mol. The molecule has 1 aliphatic heterocycles. The Morgan fingerprint density at radius 3 is 2.00 bits per heavy atom. The third-order valence-electron chi connectivity index (χ3n) is 9.64. The van der Waals surface area contributed by atoms with Crippen LogP contribution in [0.3, 0.4) is 0 Å². The van der Waals surface area contributed by atoms with Gasteiger partial charge in [-0.25, -0.2) is 4.79 Å². The summed E-state index contributed by atoms with van der Waals surface area (Å²) in [6.45, 7) is 21.8. The zero-order valence-electron chi connectivity index (χ0n) is 30.1. The van der Waals surface area contributed by atoms with E-state index in [-0.39, 0.29) is 24.0 Å². The van der Waals surface area contributed by atoms with Crippen molar-refractivity contribution in [3.63, 3.8) is 0 Å². The predicted molar refractivity (Wildman–Crippen MR) is 182 cm³/mol. The van der Waals surface area contributed by atoms with Crippen molar-refractivity contribution in [1.82, 2.24) is 5.32 Å². The Balaban J connectivity index is 1.98. The van der Waals surface area contributed by atoms with Crippen LogP contribution in [-0.4, -0.2) is 37.2 Å². The second-order valence-corrected chi connectivity index (χ2v) is 15.0. The normalized spacial score (nSPS) is 18.5. The van der Waals surface area contributed by atoms with Gasteiger partial charge in [0.05, 0.1) is 0 Å².